The lowest BCUT2D eigenvalue weighted by Gasteiger charge is -2.10. The van der Waals surface area contributed by atoms with E-state index in [0.29, 0.717) is 5.56 Å². The number of rotatable bonds is 4. The van der Waals surface area contributed by atoms with Crippen LogP contribution in [0.5, 0.6) is 0 Å². The molecule has 0 saturated heterocycles. The molecule has 0 aliphatic carbocycles. The van der Waals surface area contributed by atoms with Gasteiger partial charge in [0.05, 0.1) is 0 Å². The van der Waals surface area contributed by atoms with Crippen molar-refractivity contribution in [3.05, 3.63) is 65.4 Å². The van der Waals surface area contributed by atoms with Crippen molar-refractivity contribution >= 4 is 22.9 Å². The summed E-state index contributed by atoms with van der Waals surface area (Å²) in [6, 6.07) is 9.98. The Morgan fingerprint density at radius 2 is 1.77 bits per heavy atom. The van der Waals surface area contributed by atoms with Crippen molar-refractivity contribution < 1.29 is 13.6 Å². The maximum absolute atomic E-state index is 14.5. The lowest BCUT2D eigenvalue weighted by molar-refractivity contribution is -0.117. The number of hydrogen-bond donors (Lipinski definition) is 2. The summed E-state index contributed by atoms with van der Waals surface area (Å²) in [5, 5.41) is 3.66. The second kappa shape index (κ2) is 7.12. The second-order valence-electron chi connectivity index (χ2n) is 6.59. The minimum atomic E-state index is -0.703. The van der Waals surface area contributed by atoms with Crippen LogP contribution in [-0.2, 0) is 4.79 Å². The van der Waals surface area contributed by atoms with E-state index in [-0.39, 0.29) is 23.1 Å². The van der Waals surface area contributed by atoms with Crippen molar-refractivity contribution in [1.82, 2.24) is 10.3 Å². The first-order valence-corrected chi connectivity index (χ1v) is 8.41. The number of carbonyl (C=O) groups is 1. The van der Waals surface area contributed by atoms with Gasteiger partial charge in [-0.3, -0.25) is 4.79 Å². The highest BCUT2D eigenvalue weighted by atomic mass is 19.1. The highest BCUT2D eigenvalue weighted by molar-refractivity contribution is 5.97. The van der Waals surface area contributed by atoms with Gasteiger partial charge in [-0.05, 0) is 73.7 Å². The fourth-order valence-corrected chi connectivity index (χ4v) is 2.78. The van der Waals surface area contributed by atoms with E-state index in [2.05, 4.69) is 10.3 Å². The second-order valence-corrected chi connectivity index (χ2v) is 6.59. The van der Waals surface area contributed by atoms with Gasteiger partial charge in [-0.15, -0.1) is 0 Å². The van der Waals surface area contributed by atoms with Gasteiger partial charge in [0.25, 0.3) is 0 Å². The van der Waals surface area contributed by atoms with Crippen molar-refractivity contribution in [2.75, 3.05) is 0 Å². The SMILES string of the molecule is CC(=Cc1c(F)cc(-c2ccc3[nH]ccc3c2)cc1F)C(=O)NC(C)C. The molecule has 0 spiro atoms. The normalized spacial score (nSPS) is 12.0. The maximum Gasteiger partial charge on any atom is 0.247 e. The predicted octanol–water partition coefficient (Wildman–Crippen LogP) is 5.04. The summed E-state index contributed by atoms with van der Waals surface area (Å²) >= 11 is 0. The first-order valence-electron chi connectivity index (χ1n) is 8.41. The number of halogens is 2. The van der Waals surface area contributed by atoms with Crippen LogP contribution in [0, 0.1) is 11.6 Å². The summed E-state index contributed by atoms with van der Waals surface area (Å²) < 4.78 is 29.0. The Bertz CT molecular complexity index is 979. The van der Waals surface area contributed by atoms with Crippen LogP contribution in [0.2, 0.25) is 0 Å². The first kappa shape index (κ1) is 17.9. The fourth-order valence-electron chi connectivity index (χ4n) is 2.78. The molecule has 0 aliphatic heterocycles. The zero-order valence-electron chi connectivity index (χ0n) is 14.9. The summed E-state index contributed by atoms with van der Waals surface area (Å²) in [6.45, 7) is 5.18. The number of carbonyl (C=O) groups excluding carboxylic acids is 1. The molecular weight excluding hydrogens is 334 g/mol. The third-order valence-electron chi connectivity index (χ3n) is 4.10. The minimum Gasteiger partial charge on any atom is -0.361 e. The van der Waals surface area contributed by atoms with Gasteiger partial charge in [-0.25, -0.2) is 8.78 Å². The van der Waals surface area contributed by atoms with Gasteiger partial charge in [0.2, 0.25) is 5.91 Å². The highest BCUT2D eigenvalue weighted by Crippen LogP contribution is 2.28. The quantitative estimate of drug-likeness (QED) is 0.633. The van der Waals surface area contributed by atoms with Crippen LogP contribution >= 0.6 is 0 Å². The molecule has 0 atom stereocenters. The summed E-state index contributed by atoms with van der Waals surface area (Å²) in [7, 11) is 0. The van der Waals surface area contributed by atoms with Crippen LogP contribution in [-0.4, -0.2) is 16.9 Å². The zero-order chi connectivity index (χ0) is 18.8. The molecule has 5 heteroatoms. The molecule has 3 rings (SSSR count). The highest BCUT2D eigenvalue weighted by Gasteiger charge is 2.13. The number of hydrogen-bond acceptors (Lipinski definition) is 1. The van der Waals surface area contributed by atoms with Crippen LogP contribution in [0.25, 0.3) is 28.1 Å². The van der Waals surface area contributed by atoms with E-state index in [1.54, 1.807) is 0 Å². The molecule has 134 valence electrons. The van der Waals surface area contributed by atoms with E-state index in [4.69, 9.17) is 0 Å². The number of fused-ring (bicyclic) bond motifs is 1. The molecule has 0 aliphatic rings. The molecule has 0 fully saturated rings. The van der Waals surface area contributed by atoms with E-state index in [9.17, 15) is 13.6 Å². The van der Waals surface area contributed by atoms with E-state index < -0.39 is 11.6 Å². The number of aromatic nitrogens is 1. The van der Waals surface area contributed by atoms with Gasteiger partial charge in [0, 0.05) is 28.9 Å². The van der Waals surface area contributed by atoms with Crippen molar-refractivity contribution in [1.29, 1.82) is 0 Å². The Balaban J connectivity index is 1.96. The number of aromatic amines is 1. The van der Waals surface area contributed by atoms with Crippen molar-refractivity contribution in [2.45, 2.75) is 26.8 Å². The Labute approximate surface area is 150 Å². The standard InChI is InChI=1S/C21H20F2N2O/c1-12(2)25-21(26)13(3)8-17-18(22)10-16(11-19(17)23)14-4-5-20-15(9-14)6-7-24-20/h4-12,24H,1-3H3,(H,25,26). The number of nitrogens with one attached hydrogen (secondary N) is 2. The number of H-pyrrole nitrogens is 1. The van der Waals surface area contributed by atoms with Crippen molar-refractivity contribution in [3.8, 4) is 11.1 Å². The average Bonchev–Trinajstić information content (AvgIpc) is 3.04. The van der Waals surface area contributed by atoms with E-state index in [0.717, 1.165) is 16.5 Å². The molecule has 1 aromatic heterocycles. The Morgan fingerprint density at radius 1 is 1.08 bits per heavy atom. The molecule has 0 radical (unpaired) electrons. The average molecular weight is 354 g/mol. The van der Waals surface area contributed by atoms with Gasteiger partial charge in [-0.2, -0.15) is 0 Å². The summed E-state index contributed by atoms with van der Waals surface area (Å²) in [6.07, 6.45) is 3.05. The third kappa shape index (κ3) is 3.67. The topological polar surface area (TPSA) is 44.9 Å². The Hall–Kier alpha value is -2.95. The molecule has 1 heterocycles. The van der Waals surface area contributed by atoms with E-state index in [1.807, 2.05) is 44.3 Å². The molecule has 3 nitrogen and oxygen atoms in total. The minimum absolute atomic E-state index is 0.0498. The number of amides is 1. The van der Waals surface area contributed by atoms with Gasteiger partial charge < -0.3 is 10.3 Å². The van der Waals surface area contributed by atoms with E-state index >= 15 is 0 Å². The molecule has 2 aromatic carbocycles. The molecule has 0 saturated carbocycles. The lowest BCUT2D eigenvalue weighted by Crippen LogP contribution is -2.30. The van der Waals surface area contributed by atoms with Crippen LogP contribution in [0.1, 0.15) is 26.3 Å². The Kier molecular flexibility index (Phi) is 4.89. The van der Waals surface area contributed by atoms with Gasteiger partial charge in [0.15, 0.2) is 0 Å². The van der Waals surface area contributed by atoms with Crippen molar-refractivity contribution in [3.63, 3.8) is 0 Å². The summed E-state index contributed by atoms with van der Waals surface area (Å²) in [5.41, 5.74) is 2.16. The summed E-state index contributed by atoms with van der Waals surface area (Å²) in [5.74, 6) is -1.75. The van der Waals surface area contributed by atoms with Crippen LogP contribution in [0.3, 0.4) is 0 Å². The Morgan fingerprint density at radius 3 is 2.42 bits per heavy atom. The summed E-state index contributed by atoms with van der Waals surface area (Å²) in [4.78, 5) is 15.0. The fraction of sp³-hybridized carbons (Fsp3) is 0.190. The molecule has 2 N–H and O–H groups in total. The van der Waals surface area contributed by atoms with Gasteiger partial charge >= 0.3 is 0 Å². The van der Waals surface area contributed by atoms with Crippen LogP contribution < -0.4 is 5.32 Å². The maximum atomic E-state index is 14.5. The van der Waals surface area contributed by atoms with Gasteiger partial charge in [0.1, 0.15) is 11.6 Å². The predicted molar refractivity (Wildman–Crippen MR) is 101 cm³/mol. The van der Waals surface area contributed by atoms with Crippen LogP contribution in [0.4, 0.5) is 8.78 Å². The van der Waals surface area contributed by atoms with E-state index in [1.165, 1.54) is 25.1 Å². The number of benzene rings is 2. The lowest BCUT2D eigenvalue weighted by atomic mass is 10.0. The molecule has 26 heavy (non-hydrogen) atoms. The molecular formula is C21H20F2N2O. The monoisotopic (exact) mass is 354 g/mol. The van der Waals surface area contributed by atoms with Crippen molar-refractivity contribution in [2.24, 2.45) is 0 Å². The van der Waals surface area contributed by atoms with Crippen LogP contribution in [0.15, 0.2) is 48.2 Å². The zero-order valence-corrected chi connectivity index (χ0v) is 14.9. The van der Waals surface area contributed by atoms with Gasteiger partial charge in [-0.1, -0.05) is 6.07 Å². The molecule has 3 aromatic rings. The first-order chi connectivity index (χ1) is 12.3. The smallest absolute Gasteiger partial charge is 0.247 e. The molecule has 1 amide bonds. The molecule has 0 unspecified atom stereocenters. The largest absolute Gasteiger partial charge is 0.361 e. The molecule has 0 bridgehead atoms. The third-order valence-corrected chi connectivity index (χ3v) is 4.10.